The molecule has 2 heterocycles. The van der Waals surface area contributed by atoms with Crippen molar-refractivity contribution in [2.75, 3.05) is 19.7 Å². The van der Waals surface area contributed by atoms with E-state index in [1.807, 2.05) is 18.2 Å². The minimum absolute atomic E-state index is 0.0687. The Kier molecular flexibility index (Phi) is 15.0. The number of carbonyl (C=O) groups is 5. The molecule has 2 aliphatic carbocycles. The molecule has 5 amide bonds. The topological polar surface area (TPSA) is 202 Å². The number of rotatable bonds is 20. The molecule has 1 aromatic rings. The lowest BCUT2D eigenvalue weighted by Gasteiger charge is -2.30. The number of fused-ring (bicyclic) bond motifs is 1. The molecular formula is C41H64N6O10S. The van der Waals surface area contributed by atoms with Gasteiger partial charge < -0.3 is 35.1 Å². The first-order valence-electron chi connectivity index (χ1n) is 21.0. The van der Waals surface area contributed by atoms with Crippen LogP contribution in [-0.4, -0.2) is 108 Å². The third-order valence-corrected chi connectivity index (χ3v) is 12.6. The zero-order valence-electron chi connectivity index (χ0n) is 35.0. The van der Waals surface area contributed by atoms with Gasteiger partial charge in [-0.05, 0) is 76.1 Å². The molecule has 4 aliphatic rings. The Morgan fingerprint density at radius 3 is 2.31 bits per heavy atom. The maximum atomic E-state index is 14.5. The molecule has 16 nitrogen and oxygen atoms in total. The second-order valence-corrected chi connectivity index (χ2v) is 19.5. The van der Waals surface area contributed by atoms with Crippen molar-refractivity contribution < 1.29 is 46.6 Å². The van der Waals surface area contributed by atoms with Crippen molar-refractivity contribution in [3.05, 3.63) is 29.3 Å². The summed E-state index contributed by atoms with van der Waals surface area (Å²) in [5.74, 6) is -1.34. The third kappa shape index (κ3) is 12.7. The molecule has 0 radical (unpaired) electrons. The minimum atomic E-state index is -3.86. The predicted octanol–water partition coefficient (Wildman–Crippen LogP) is 4.39. The van der Waals surface area contributed by atoms with Crippen LogP contribution in [0.4, 0.5) is 9.59 Å². The van der Waals surface area contributed by atoms with E-state index >= 15 is 0 Å². The van der Waals surface area contributed by atoms with E-state index in [2.05, 4.69) is 41.4 Å². The monoisotopic (exact) mass is 832 g/mol. The van der Waals surface area contributed by atoms with Crippen LogP contribution in [0.15, 0.2) is 18.2 Å². The van der Waals surface area contributed by atoms with Gasteiger partial charge in [0.05, 0.1) is 11.8 Å². The number of alkyl carbamates (subject to hydrolysis) is 1. The van der Waals surface area contributed by atoms with Gasteiger partial charge in [-0.25, -0.2) is 18.0 Å². The lowest BCUT2D eigenvalue weighted by atomic mass is 10.0. The molecule has 1 unspecified atom stereocenters. The highest BCUT2D eigenvalue weighted by molar-refractivity contribution is 7.91. The van der Waals surface area contributed by atoms with Gasteiger partial charge in [0.2, 0.25) is 21.8 Å². The number of likely N-dealkylation sites (tertiary alicyclic amines) is 1. The van der Waals surface area contributed by atoms with Crippen molar-refractivity contribution >= 4 is 39.9 Å². The predicted molar refractivity (Wildman–Crippen MR) is 216 cm³/mol. The van der Waals surface area contributed by atoms with Crippen LogP contribution >= 0.6 is 0 Å². The Morgan fingerprint density at radius 2 is 1.66 bits per heavy atom. The number of hydrogen-bond acceptors (Lipinski definition) is 11. The molecule has 324 valence electrons. The number of hydrogen-bond donors (Lipinski definition) is 4. The van der Waals surface area contributed by atoms with Crippen molar-refractivity contribution in [3.8, 4) is 5.75 Å². The second-order valence-electron chi connectivity index (χ2n) is 17.5. The molecule has 0 bridgehead atoms. The summed E-state index contributed by atoms with van der Waals surface area (Å²) in [6.45, 7) is 13.1. The number of nitrogens with zero attached hydrogens (tertiary/aromatic N) is 2. The van der Waals surface area contributed by atoms with Crippen molar-refractivity contribution in [2.24, 2.45) is 0 Å². The highest BCUT2D eigenvalue weighted by Crippen LogP contribution is 2.38. The largest absolute Gasteiger partial charge is 0.492 e. The van der Waals surface area contributed by atoms with E-state index in [1.54, 1.807) is 25.7 Å². The quantitative estimate of drug-likeness (QED) is 0.136. The van der Waals surface area contributed by atoms with Gasteiger partial charge in [0.25, 0.3) is 5.91 Å². The highest BCUT2D eigenvalue weighted by Gasteiger charge is 2.55. The molecule has 4 N–H and O–H groups in total. The number of ether oxygens (including phenoxy) is 3. The molecular weight excluding hydrogens is 769 g/mol. The van der Waals surface area contributed by atoms with Gasteiger partial charge in [0.1, 0.15) is 41.7 Å². The molecule has 17 heteroatoms. The summed E-state index contributed by atoms with van der Waals surface area (Å²) in [6, 6.07) is 3.83. The average molecular weight is 833 g/mol. The lowest BCUT2D eigenvalue weighted by Crippen LogP contribution is -2.57. The molecule has 5 rings (SSSR count). The molecule has 3 fully saturated rings. The Balaban J connectivity index is 1.29. The smallest absolute Gasteiger partial charge is 0.410 e. The number of amides is 5. The molecule has 2 aliphatic heterocycles. The molecule has 2 saturated carbocycles. The van der Waals surface area contributed by atoms with Gasteiger partial charge in [0, 0.05) is 32.1 Å². The fourth-order valence-electron chi connectivity index (χ4n) is 7.28. The van der Waals surface area contributed by atoms with Crippen LogP contribution in [0.5, 0.6) is 5.75 Å². The summed E-state index contributed by atoms with van der Waals surface area (Å²) in [6.07, 6.45) is 5.01. The fourth-order valence-corrected chi connectivity index (χ4v) is 8.65. The Bertz CT molecular complexity index is 1760. The van der Waals surface area contributed by atoms with Gasteiger partial charge in [-0.3, -0.25) is 24.0 Å². The first-order chi connectivity index (χ1) is 27.4. The third-order valence-electron chi connectivity index (χ3n) is 10.8. The van der Waals surface area contributed by atoms with Crippen LogP contribution in [0.2, 0.25) is 0 Å². The molecule has 0 spiro atoms. The number of sulfonamides is 1. The van der Waals surface area contributed by atoms with Gasteiger partial charge in [-0.1, -0.05) is 65.4 Å². The number of benzene rings is 1. The first kappa shape index (κ1) is 45.0. The van der Waals surface area contributed by atoms with Gasteiger partial charge in [0.15, 0.2) is 0 Å². The van der Waals surface area contributed by atoms with E-state index < -0.39 is 74.5 Å². The molecule has 1 saturated heterocycles. The fraction of sp³-hybridized carbons (Fsp3) is 0.732. The van der Waals surface area contributed by atoms with Gasteiger partial charge >= 0.3 is 12.2 Å². The van der Waals surface area contributed by atoms with Crippen LogP contribution in [0.1, 0.15) is 130 Å². The van der Waals surface area contributed by atoms with Crippen LogP contribution in [0, 0.1) is 0 Å². The Hall–Kier alpha value is -4.12. The minimum Gasteiger partial charge on any atom is -0.492 e. The maximum absolute atomic E-state index is 14.5. The first-order valence-corrected chi connectivity index (χ1v) is 22.6. The van der Waals surface area contributed by atoms with Crippen molar-refractivity contribution in [1.82, 2.24) is 30.5 Å². The van der Waals surface area contributed by atoms with Gasteiger partial charge in [-0.2, -0.15) is 0 Å². The lowest BCUT2D eigenvalue weighted by molar-refractivity contribution is -0.141. The van der Waals surface area contributed by atoms with E-state index in [-0.39, 0.29) is 38.8 Å². The average Bonchev–Trinajstić information content (AvgIpc) is 4.06. The SMILES string of the molecule is CCCCCCCC[C@H](NC(=O)OC(C)(C)C)C(=O)N1C[C@H](OC(=O)N2Cc3ccc(OCCNC(C)C)cc3C2)CC1C(=O)NC1(C(=O)NS(=O)(=O)C2CC2)CC1. The maximum Gasteiger partial charge on any atom is 0.410 e. The zero-order valence-corrected chi connectivity index (χ0v) is 35.8. The van der Waals surface area contributed by atoms with E-state index in [9.17, 15) is 32.4 Å². The molecule has 0 aromatic heterocycles. The zero-order chi connectivity index (χ0) is 42.3. The van der Waals surface area contributed by atoms with Crippen LogP contribution in [0.25, 0.3) is 0 Å². The Labute approximate surface area is 343 Å². The molecule has 58 heavy (non-hydrogen) atoms. The van der Waals surface area contributed by atoms with E-state index in [1.165, 1.54) is 4.90 Å². The van der Waals surface area contributed by atoms with E-state index in [4.69, 9.17) is 14.2 Å². The summed E-state index contributed by atoms with van der Waals surface area (Å²) in [5, 5.41) is 8.15. The van der Waals surface area contributed by atoms with Gasteiger partial charge in [-0.15, -0.1) is 0 Å². The Morgan fingerprint density at radius 1 is 0.966 bits per heavy atom. The summed E-state index contributed by atoms with van der Waals surface area (Å²) in [5.41, 5.74) is -0.389. The summed E-state index contributed by atoms with van der Waals surface area (Å²) >= 11 is 0. The molecule has 3 atom stereocenters. The number of unbranched alkanes of at least 4 members (excludes halogenated alkanes) is 5. The summed E-state index contributed by atoms with van der Waals surface area (Å²) < 4.78 is 44.7. The van der Waals surface area contributed by atoms with Crippen molar-refractivity contribution in [1.29, 1.82) is 0 Å². The van der Waals surface area contributed by atoms with Crippen molar-refractivity contribution in [2.45, 2.75) is 172 Å². The highest BCUT2D eigenvalue weighted by atomic mass is 32.2. The standard InChI is InChI=1S/C41H64N6O10S/c1-7-8-9-10-11-12-13-33(43-38(51)57-40(4,5)6)36(49)47-26-31(23-34(47)35(48)44-41(18-19-41)37(50)45-58(53,54)32-16-17-32)56-39(52)46-24-28-14-15-30(22-29(28)25-46)55-21-20-42-27(2)3/h14-15,22,27,31-34,42H,7-13,16-21,23-26H2,1-6H3,(H,43,51)(H,44,48)(H,45,50)/t31-,33+,34?/m1/s1. The number of nitrogens with one attached hydrogen (secondary N) is 4. The summed E-state index contributed by atoms with van der Waals surface area (Å²) in [7, 11) is -3.86. The van der Waals surface area contributed by atoms with E-state index in [0.717, 1.165) is 43.2 Å². The van der Waals surface area contributed by atoms with E-state index in [0.29, 0.717) is 50.8 Å². The van der Waals surface area contributed by atoms with Crippen LogP contribution in [0.3, 0.4) is 0 Å². The summed E-state index contributed by atoms with van der Waals surface area (Å²) in [4.78, 5) is 71.3. The molecule has 1 aromatic carbocycles. The normalized spacial score (nSPS) is 20.3. The second kappa shape index (κ2) is 19.3. The van der Waals surface area contributed by atoms with Crippen LogP contribution < -0.4 is 25.4 Å². The van der Waals surface area contributed by atoms with Crippen molar-refractivity contribution in [3.63, 3.8) is 0 Å². The number of carbonyl (C=O) groups excluding carboxylic acids is 5. The van der Waals surface area contributed by atoms with Crippen LogP contribution in [-0.2, 0) is 47.0 Å².